The highest BCUT2D eigenvalue weighted by molar-refractivity contribution is 5.97. The highest BCUT2D eigenvalue weighted by Crippen LogP contribution is 2.29. The highest BCUT2D eigenvalue weighted by atomic mass is 35.5. The lowest BCUT2D eigenvalue weighted by atomic mass is 9.79. The van der Waals surface area contributed by atoms with E-state index in [1.807, 2.05) is 41.4 Å². The van der Waals surface area contributed by atoms with E-state index in [2.05, 4.69) is 18.9 Å². The van der Waals surface area contributed by atoms with Crippen LogP contribution in [-0.2, 0) is 0 Å². The van der Waals surface area contributed by atoms with Crippen molar-refractivity contribution in [2.75, 3.05) is 13.1 Å². The zero-order valence-corrected chi connectivity index (χ0v) is 14.3. The topological polar surface area (TPSA) is 64.2 Å². The molecule has 1 amide bonds. The van der Waals surface area contributed by atoms with E-state index in [1.165, 1.54) is 0 Å². The van der Waals surface area contributed by atoms with Gasteiger partial charge >= 0.3 is 0 Å². The van der Waals surface area contributed by atoms with Crippen LogP contribution in [0.5, 0.6) is 0 Å². The van der Waals surface area contributed by atoms with Crippen LogP contribution >= 0.6 is 12.4 Å². The van der Waals surface area contributed by atoms with Gasteiger partial charge in [0.05, 0.1) is 11.3 Å². The number of rotatable bonds is 2. The molecule has 0 aliphatic carbocycles. The summed E-state index contributed by atoms with van der Waals surface area (Å²) in [6, 6.07) is 9.58. The lowest BCUT2D eigenvalue weighted by Crippen LogP contribution is -2.54. The van der Waals surface area contributed by atoms with Crippen LogP contribution in [0.4, 0.5) is 0 Å². The van der Waals surface area contributed by atoms with Crippen molar-refractivity contribution in [1.29, 1.82) is 0 Å². The number of para-hydroxylation sites is 1. The summed E-state index contributed by atoms with van der Waals surface area (Å²) in [6.07, 6.45) is 4.40. The minimum Gasteiger partial charge on any atom is -0.338 e. The SMILES string of the molecule is CC1(C)CN(C(=O)c2ccccc2-n2cccn2)CCC1N.Cl. The van der Waals surface area contributed by atoms with Crippen LogP contribution < -0.4 is 5.73 Å². The van der Waals surface area contributed by atoms with Gasteiger partial charge in [-0.2, -0.15) is 5.10 Å². The average molecular weight is 335 g/mol. The van der Waals surface area contributed by atoms with Crippen molar-refractivity contribution in [3.8, 4) is 5.69 Å². The quantitative estimate of drug-likeness (QED) is 0.917. The third kappa shape index (κ3) is 3.41. The Hall–Kier alpha value is -1.85. The number of carbonyl (C=O) groups is 1. The van der Waals surface area contributed by atoms with E-state index in [-0.39, 0.29) is 29.8 Å². The molecule has 2 heterocycles. The number of likely N-dealkylation sites (tertiary alicyclic amines) is 1. The van der Waals surface area contributed by atoms with Gasteiger partial charge in [-0.3, -0.25) is 4.79 Å². The van der Waals surface area contributed by atoms with Crippen LogP contribution in [0.1, 0.15) is 30.6 Å². The highest BCUT2D eigenvalue weighted by Gasteiger charge is 2.36. The van der Waals surface area contributed by atoms with Crippen molar-refractivity contribution in [3.05, 3.63) is 48.3 Å². The summed E-state index contributed by atoms with van der Waals surface area (Å²) in [5.74, 6) is 0.0473. The maximum Gasteiger partial charge on any atom is 0.256 e. The van der Waals surface area contributed by atoms with Gasteiger partial charge in [-0.25, -0.2) is 4.68 Å². The van der Waals surface area contributed by atoms with Crippen molar-refractivity contribution in [3.63, 3.8) is 0 Å². The molecule has 1 saturated heterocycles. The Labute approximate surface area is 142 Å². The number of aromatic nitrogens is 2. The van der Waals surface area contributed by atoms with E-state index in [4.69, 9.17) is 5.73 Å². The van der Waals surface area contributed by atoms with Gasteiger partial charge in [0, 0.05) is 31.5 Å². The Morgan fingerprint density at radius 2 is 2.04 bits per heavy atom. The maximum absolute atomic E-state index is 13.0. The second kappa shape index (κ2) is 6.72. The van der Waals surface area contributed by atoms with Gasteiger partial charge in [0.25, 0.3) is 5.91 Å². The smallest absolute Gasteiger partial charge is 0.256 e. The number of hydrogen-bond donors (Lipinski definition) is 1. The molecule has 0 bridgehead atoms. The molecule has 1 aromatic carbocycles. The van der Waals surface area contributed by atoms with Crippen molar-refractivity contribution >= 4 is 18.3 Å². The Morgan fingerprint density at radius 1 is 1.30 bits per heavy atom. The fourth-order valence-corrected chi connectivity index (χ4v) is 2.98. The summed E-state index contributed by atoms with van der Waals surface area (Å²) >= 11 is 0. The molecule has 1 unspecified atom stereocenters. The number of nitrogens with two attached hydrogens (primary N) is 1. The second-order valence-corrected chi connectivity index (χ2v) is 6.58. The molecule has 1 aliphatic rings. The van der Waals surface area contributed by atoms with E-state index in [0.717, 1.165) is 12.1 Å². The molecular weight excluding hydrogens is 312 g/mol. The number of nitrogens with zero attached hydrogens (tertiary/aromatic N) is 3. The van der Waals surface area contributed by atoms with Crippen molar-refractivity contribution < 1.29 is 4.79 Å². The summed E-state index contributed by atoms with van der Waals surface area (Å²) in [7, 11) is 0. The molecule has 2 aromatic rings. The molecule has 1 aromatic heterocycles. The molecule has 1 aliphatic heterocycles. The van der Waals surface area contributed by atoms with E-state index in [9.17, 15) is 4.79 Å². The first kappa shape index (κ1) is 17.5. The van der Waals surface area contributed by atoms with Crippen LogP contribution in [-0.4, -0.2) is 39.7 Å². The van der Waals surface area contributed by atoms with Gasteiger partial charge in [0.15, 0.2) is 0 Å². The second-order valence-electron chi connectivity index (χ2n) is 6.58. The number of carbonyl (C=O) groups excluding carboxylic acids is 1. The number of halogens is 1. The number of hydrogen-bond acceptors (Lipinski definition) is 3. The number of benzene rings is 1. The zero-order chi connectivity index (χ0) is 15.7. The normalized spacial score (nSPS) is 20.0. The molecule has 1 fully saturated rings. The largest absolute Gasteiger partial charge is 0.338 e. The third-order valence-electron chi connectivity index (χ3n) is 4.49. The minimum absolute atomic E-state index is 0. The molecule has 124 valence electrons. The fraction of sp³-hybridized carbons (Fsp3) is 0.412. The Balaban J connectivity index is 0.00000192. The van der Waals surface area contributed by atoms with Crippen LogP contribution in [0.3, 0.4) is 0 Å². The van der Waals surface area contributed by atoms with Gasteiger partial charge in [-0.15, -0.1) is 12.4 Å². The van der Waals surface area contributed by atoms with Gasteiger partial charge in [-0.1, -0.05) is 26.0 Å². The zero-order valence-electron chi connectivity index (χ0n) is 13.5. The van der Waals surface area contributed by atoms with Gasteiger partial charge in [-0.05, 0) is 30.0 Å². The lowest BCUT2D eigenvalue weighted by Gasteiger charge is -2.42. The Kier molecular flexibility index (Phi) is 5.12. The van der Waals surface area contributed by atoms with E-state index < -0.39 is 0 Å². The summed E-state index contributed by atoms with van der Waals surface area (Å²) in [5.41, 5.74) is 7.60. The van der Waals surface area contributed by atoms with E-state index in [1.54, 1.807) is 10.9 Å². The predicted molar refractivity (Wildman–Crippen MR) is 93.1 cm³/mol. The molecule has 0 saturated carbocycles. The third-order valence-corrected chi connectivity index (χ3v) is 4.49. The first-order valence-electron chi connectivity index (χ1n) is 7.63. The summed E-state index contributed by atoms with van der Waals surface area (Å²) in [5, 5.41) is 4.24. The van der Waals surface area contributed by atoms with E-state index >= 15 is 0 Å². The van der Waals surface area contributed by atoms with Crippen molar-refractivity contribution in [1.82, 2.24) is 14.7 Å². The first-order valence-corrected chi connectivity index (χ1v) is 7.63. The summed E-state index contributed by atoms with van der Waals surface area (Å²) in [6.45, 7) is 5.63. The molecule has 5 nitrogen and oxygen atoms in total. The summed E-state index contributed by atoms with van der Waals surface area (Å²) in [4.78, 5) is 14.9. The van der Waals surface area contributed by atoms with Gasteiger partial charge in [0.2, 0.25) is 0 Å². The molecule has 2 N–H and O–H groups in total. The first-order chi connectivity index (χ1) is 10.5. The lowest BCUT2D eigenvalue weighted by molar-refractivity contribution is 0.0533. The van der Waals surface area contributed by atoms with Gasteiger partial charge < -0.3 is 10.6 Å². The summed E-state index contributed by atoms with van der Waals surface area (Å²) < 4.78 is 1.73. The molecule has 6 heteroatoms. The Morgan fingerprint density at radius 3 is 2.70 bits per heavy atom. The van der Waals surface area contributed by atoms with E-state index in [0.29, 0.717) is 18.7 Å². The number of amides is 1. The number of piperidine rings is 1. The van der Waals surface area contributed by atoms with Gasteiger partial charge in [0.1, 0.15) is 0 Å². The van der Waals surface area contributed by atoms with Crippen LogP contribution in [0, 0.1) is 5.41 Å². The predicted octanol–water partition coefficient (Wildman–Crippen LogP) is 2.49. The van der Waals surface area contributed by atoms with Crippen molar-refractivity contribution in [2.24, 2.45) is 11.1 Å². The minimum atomic E-state index is -0.0610. The molecule has 0 radical (unpaired) electrons. The van der Waals surface area contributed by atoms with Crippen molar-refractivity contribution in [2.45, 2.75) is 26.3 Å². The van der Waals surface area contributed by atoms with Crippen LogP contribution in [0.25, 0.3) is 5.69 Å². The monoisotopic (exact) mass is 334 g/mol. The molecule has 3 rings (SSSR count). The molecular formula is C17H23ClN4O. The Bertz CT molecular complexity index is 669. The van der Waals surface area contributed by atoms with Crippen LogP contribution in [0.2, 0.25) is 0 Å². The fourth-order valence-electron chi connectivity index (χ4n) is 2.98. The van der Waals surface area contributed by atoms with Crippen LogP contribution in [0.15, 0.2) is 42.7 Å². The maximum atomic E-state index is 13.0. The molecule has 1 atom stereocenters. The standard InChI is InChI=1S/C17H22N4O.ClH/c1-17(2)12-20(11-8-15(17)18)16(22)13-6-3-4-7-14(13)21-10-5-9-19-21;/h3-7,9-10,15H,8,11-12,18H2,1-2H3;1H. The molecule has 23 heavy (non-hydrogen) atoms. The average Bonchev–Trinajstić information content (AvgIpc) is 3.03. The molecule has 0 spiro atoms.